The van der Waals surface area contributed by atoms with E-state index in [1.54, 1.807) is 42.5 Å². The Labute approximate surface area is 336 Å². The largest absolute Gasteiger partial charge is 0.492 e. The maximum atomic E-state index is 14.5. The van der Waals surface area contributed by atoms with Crippen molar-refractivity contribution in [1.82, 2.24) is 5.32 Å². The number of nitrogens with zero attached hydrogens (tertiary/aromatic N) is 2. The summed E-state index contributed by atoms with van der Waals surface area (Å²) >= 11 is 0. The molecule has 1 saturated carbocycles. The molecule has 1 spiro atoms. The fourth-order valence-corrected chi connectivity index (χ4v) is 8.95. The summed E-state index contributed by atoms with van der Waals surface area (Å²) in [5.41, 5.74) is 0.171. The number of guanidine groups is 1. The minimum absolute atomic E-state index is 0.0434. The van der Waals surface area contributed by atoms with E-state index in [2.05, 4.69) is 15.3 Å². The highest BCUT2D eigenvalue weighted by Gasteiger charge is 2.56. The van der Waals surface area contributed by atoms with Gasteiger partial charge in [-0.15, -0.1) is 0 Å². The number of allylic oxidation sites excluding steroid dienone is 1. The number of hydrogen-bond acceptors (Lipinski definition) is 14. The van der Waals surface area contributed by atoms with Gasteiger partial charge in [-0.3, -0.25) is 25.1 Å². The maximum Gasteiger partial charge on any atom is 0.284 e. The summed E-state index contributed by atoms with van der Waals surface area (Å²) in [6.07, 6.45) is -3.83. The summed E-state index contributed by atoms with van der Waals surface area (Å²) in [4.78, 5) is 62.5. The number of hydrogen-bond donors (Lipinski definition) is 7. The fraction of sp³-hybridized carbons (Fsp3) is 0.357. The molecule has 6 aliphatic rings. The molecule has 4 aliphatic heterocycles. The number of carbonyl (C=O) groups is 4. The lowest BCUT2D eigenvalue weighted by atomic mass is 9.79. The van der Waals surface area contributed by atoms with Crippen LogP contribution in [-0.2, 0) is 19.1 Å². The number of rotatable bonds is 7. The molecule has 8 unspecified atom stereocenters. The van der Waals surface area contributed by atoms with Crippen molar-refractivity contribution in [3.8, 4) is 11.5 Å². The van der Waals surface area contributed by atoms with Gasteiger partial charge in [0.05, 0.1) is 17.9 Å². The normalized spacial score (nSPS) is 28.4. The van der Waals surface area contributed by atoms with Crippen molar-refractivity contribution in [1.29, 1.82) is 5.41 Å². The van der Waals surface area contributed by atoms with E-state index in [4.69, 9.17) is 24.4 Å². The second kappa shape index (κ2) is 15.0. The number of nitrogens with one attached hydrogen (secondary N) is 3. The Hall–Kier alpha value is -5.95. The molecule has 2 bridgehead atoms. The Kier molecular flexibility index (Phi) is 9.81. The number of aldehydes is 1. The number of fused-ring (bicyclic) bond motifs is 7. The number of quaternary nitrogens is 1. The Morgan fingerprint density at radius 1 is 0.966 bits per heavy atom. The lowest BCUT2D eigenvalue weighted by Crippen LogP contribution is -3.09. The number of ketones is 2. The molecule has 9 rings (SSSR count). The van der Waals surface area contributed by atoms with Crippen LogP contribution >= 0.6 is 0 Å². The van der Waals surface area contributed by atoms with Gasteiger partial charge in [-0.25, -0.2) is 9.89 Å². The molecule has 1 amide bonds. The van der Waals surface area contributed by atoms with E-state index in [0.717, 1.165) is 0 Å². The van der Waals surface area contributed by atoms with Crippen LogP contribution in [0.15, 0.2) is 76.9 Å². The van der Waals surface area contributed by atoms with Gasteiger partial charge in [0, 0.05) is 40.2 Å². The van der Waals surface area contributed by atoms with Crippen molar-refractivity contribution in [2.75, 3.05) is 13.3 Å². The summed E-state index contributed by atoms with van der Waals surface area (Å²) in [6.45, 7) is -0.483. The third-order valence-electron chi connectivity index (χ3n) is 11.8. The Morgan fingerprint density at radius 3 is 2.46 bits per heavy atom. The third-order valence-corrected chi connectivity index (χ3v) is 11.8. The number of aliphatic hydroxyl groups excluding tert-OH is 4. The first kappa shape index (κ1) is 38.6. The van der Waals surface area contributed by atoms with E-state index in [0.29, 0.717) is 48.1 Å². The second-order valence-corrected chi connectivity index (χ2v) is 15.3. The van der Waals surface area contributed by atoms with Gasteiger partial charge < -0.3 is 44.2 Å². The first-order valence-electron chi connectivity index (χ1n) is 19.3. The predicted molar refractivity (Wildman–Crippen MR) is 205 cm³/mol. The van der Waals surface area contributed by atoms with Crippen molar-refractivity contribution >= 4 is 47.0 Å². The number of ether oxygens (including phenoxy) is 4. The molecular weight excluding hydrogens is 766 g/mol. The molecule has 2 fully saturated rings. The summed E-state index contributed by atoms with van der Waals surface area (Å²) < 4.78 is 25.8. The Balaban J connectivity index is 1.31. The van der Waals surface area contributed by atoms with Crippen molar-refractivity contribution in [2.24, 2.45) is 9.98 Å². The summed E-state index contributed by atoms with van der Waals surface area (Å²) in [7, 11) is 0. The van der Waals surface area contributed by atoms with Gasteiger partial charge in [0.2, 0.25) is 18.0 Å². The number of amidine groups is 1. The van der Waals surface area contributed by atoms with Crippen LogP contribution in [-0.4, -0.2) is 117 Å². The van der Waals surface area contributed by atoms with Crippen molar-refractivity contribution in [3.63, 3.8) is 0 Å². The van der Waals surface area contributed by atoms with Crippen LogP contribution < -0.4 is 19.7 Å². The average Bonchev–Trinajstić information content (AvgIpc) is 3.89. The number of amides is 1. The van der Waals surface area contributed by atoms with Crippen LogP contribution in [0.4, 0.5) is 5.69 Å². The van der Waals surface area contributed by atoms with Crippen molar-refractivity contribution in [3.05, 3.63) is 100 Å². The quantitative estimate of drug-likeness (QED) is 0.125. The first-order valence-corrected chi connectivity index (χ1v) is 19.3. The highest BCUT2D eigenvalue weighted by molar-refractivity contribution is 6.68. The van der Waals surface area contributed by atoms with E-state index >= 15 is 0 Å². The zero-order chi connectivity index (χ0) is 41.2. The SMILES string of the molecule is N=C1N=C2C(=NC[NH+]2c2ccccc2C2C=COC3(CCCC3)C3OC(Oc4c2cc2c(c4OCC(O)CC=O)C(=O)c4ccccc4C2=O)C(O)C(O)C3O)C(=O)N1. The number of aliphatic imine (C=N–C) groups is 2. The Bertz CT molecular complexity index is 2390. The van der Waals surface area contributed by atoms with Gasteiger partial charge in [0.15, 0.2) is 29.7 Å². The van der Waals surface area contributed by atoms with Crippen LogP contribution in [0.2, 0.25) is 0 Å². The van der Waals surface area contributed by atoms with E-state index in [1.807, 2.05) is 0 Å². The van der Waals surface area contributed by atoms with E-state index in [9.17, 15) is 39.6 Å². The molecule has 304 valence electrons. The van der Waals surface area contributed by atoms with E-state index in [1.165, 1.54) is 24.5 Å². The molecule has 3 aromatic rings. The number of benzene rings is 3. The summed E-state index contributed by atoms with van der Waals surface area (Å²) in [5, 5.41) is 55.4. The Morgan fingerprint density at radius 2 is 1.69 bits per heavy atom. The van der Waals surface area contributed by atoms with Crippen molar-refractivity contribution in [2.45, 2.75) is 80.4 Å². The van der Waals surface area contributed by atoms with Gasteiger partial charge in [-0.2, -0.15) is 4.99 Å². The zero-order valence-corrected chi connectivity index (χ0v) is 31.4. The molecule has 59 heavy (non-hydrogen) atoms. The molecule has 0 radical (unpaired) electrons. The van der Waals surface area contributed by atoms with E-state index in [-0.39, 0.29) is 69.9 Å². The standard InChI is InChI=1S/C42H39N5O12/c43-41-45-38-29(39(55)46-41)44-19-47(38)27-10-4-3-7-22(27)21-12-16-57-42(13-5-6-14-42)37-33(53)32(52)34(54)40(59-37)58-35-25(21)17-26-28(36(35)56-18-20(49)11-15-48)31(51)24-9-2-1-8-23(24)30(26)50/h1-4,7-10,12,15-17,20-21,32-34,37,40,49,52-54H,5-6,11,13-14,18-19H2,(H2,43,46,55)/p+1. The third kappa shape index (κ3) is 6.37. The maximum absolute atomic E-state index is 14.5. The molecule has 17 nitrogen and oxygen atoms in total. The van der Waals surface area contributed by atoms with Crippen LogP contribution in [0.5, 0.6) is 11.5 Å². The smallest absolute Gasteiger partial charge is 0.284 e. The fourth-order valence-electron chi connectivity index (χ4n) is 8.95. The van der Waals surface area contributed by atoms with Crippen LogP contribution in [0.3, 0.4) is 0 Å². The second-order valence-electron chi connectivity index (χ2n) is 15.3. The number of carbonyl (C=O) groups excluding carboxylic acids is 4. The van der Waals surface area contributed by atoms with Gasteiger partial charge in [-0.05, 0) is 43.9 Å². The summed E-state index contributed by atoms with van der Waals surface area (Å²) in [6, 6.07) is 14.9. The molecule has 7 N–H and O–H groups in total. The molecule has 1 saturated heterocycles. The molecule has 4 heterocycles. The highest BCUT2D eigenvalue weighted by Crippen LogP contribution is 2.50. The lowest BCUT2D eigenvalue weighted by Gasteiger charge is -2.47. The van der Waals surface area contributed by atoms with Crippen LogP contribution in [0, 0.1) is 5.41 Å². The topological polar surface area (TPSA) is 251 Å². The summed E-state index contributed by atoms with van der Waals surface area (Å²) in [5.74, 6) is -3.27. The molecule has 17 heteroatoms. The molecule has 8 atom stereocenters. The van der Waals surface area contributed by atoms with Gasteiger partial charge in [0.1, 0.15) is 48.6 Å². The van der Waals surface area contributed by atoms with Gasteiger partial charge >= 0.3 is 0 Å². The van der Waals surface area contributed by atoms with Crippen molar-refractivity contribution < 1.29 is 63.5 Å². The van der Waals surface area contributed by atoms with Gasteiger partial charge in [-0.1, -0.05) is 42.5 Å². The molecule has 2 aliphatic carbocycles. The van der Waals surface area contributed by atoms with Gasteiger partial charge in [0.25, 0.3) is 11.7 Å². The number of para-hydroxylation sites is 1. The monoisotopic (exact) mass is 806 g/mol. The highest BCUT2D eigenvalue weighted by atomic mass is 16.7. The first-order chi connectivity index (χ1) is 28.5. The van der Waals surface area contributed by atoms with Crippen LogP contribution in [0.1, 0.15) is 81.0 Å². The lowest BCUT2D eigenvalue weighted by molar-refractivity contribution is -0.723. The molecule has 3 aromatic carbocycles. The zero-order valence-electron chi connectivity index (χ0n) is 31.4. The number of aliphatic hydroxyl groups is 4. The van der Waals surface area contributed by atoms with E-state index < -0.39 is 72.4 Å². The minimum Gasteiger partial charge on any atom is -0.492 e. The molecule has 0 aromatic heterocycles. The average molecular weight is 807 g/mol. The van der Waals surface area contributed by atoms with Crippen LogP contribution in [0.25, 0.3) is 0 Å². The molecular formula is C42H40N5O12+. The minimum atomic E-state index is -1.84. The predicted octanol–water partition coefficient (Wildman–Crippen LogP) is 0.357.